The zero-order chi connectivity index (χ0) is 24.8. The van der Waals surface area contributed by atoms with Crippen LogP contribution in [-0.4, -0.2) is 16.2 Å². The van der Waals surface area contributed by atoms with E-state index in [0.717, 1.165) is 35.3 Å². The van der Waals surface area contributed by atoms with Gasteiger partial charge in [-0.3, -0.25) is 0 Å². The molecular weight excluding hydrogens is 402 g/mol. The number of aryl methyl sites for hydroxylation is 1. The van der Waals surface area contributed by atoms with Crippen LogP contribution in [0, 0.1) is 17.8 Å². The Balaban J connectivity index is 1.63. The van der Waals surface area contributed by atoms with Crippen LogP contribution < -0.4 is 5.32 Å². The molecule has 2 nitrogen and oxygen atoms in total. The van der Waals surface area contributed by atoms with Gasteiger partial charge in [0, 0.05) is 11.1 Å². The second-order valence-electron chi connectivity index (χ2n) is 14.9. The third-order valence-electron chi connectivity index (χ3n) is 8.41. The van der Waals surface area contributed by atoms with Gasteiger partial charge in [-0.2, -0.15) is 0 Å². The molecule has 0 unspecified atom stereocenters. The number of nitrogens with one attached hydrogen (secondary N) is 1. The predicted molar refractivity (Wildman–Crippen MR) is 143 cm³/mol. The van der Waals surface area contributed by atoms with E-state index in [1.807, 2.05) is 0 Å². The van der Waals surface area contributed by atoms with Crippen LogP contribution in [0.15, 0.2) is 12.1 Å². The van der Waals surface area contributed by atoms with E-state index < -0.39 is 0 Å². The molecule has 0 bridgehead atoms. The fourth-order valence-corrected chi connectivity index (χ4v) is 7.04. The minimum Gasteiger partial charge on any atom is -0.507 e. The third-order valence-corrected chi connectivity index (χ3v) is 8.41. The summed E-state index contributed by atoms with van der Waals surface area (Å²) in [6.45, 7) is 22.8. The minimum absolute atomic E-state index is 0.0471. The molecule has 0 amide bonds. The molecule has 0 aromatic heterocycles. The maximum atomic E-state index is 11.0. The van der Waals surface area contributed by atoms with E-state index in [-0.39, 0.29) is 21.9 Å². The number of phenolic OH excluding ortho intramolecular Hbond substituents is 1. The number of benzene rings is 1. The summed E-state index contributed by atoms with van der Waals surface area (Å²) in [6.07, 6.45) is 10.7. The molecule has 3 rings (SSSR count). The molecule has 2 aliphatic rings. The Hall–Kier alpha value is -1.02. The van der Waals surface area contributed by atoms with Crippen molar-refractivity contribution in [3.63, 3.8) is 0 Å². The summed E-state index contributed by atoms with van der Waals surface area (Å²) >= 11 is 0. The molecule has 0 spiro atoms. The van der Waals surface area contributed by atoms with E-state index in [4.69, 9.17) is 0 Å². The molecule has 33 heavy (non-hydrogen) atoms. The fourth-order valence-electron chi connectivity index (χ4n) is 7.04. The van der Waals surface area contributed by atoms with Gasteiger partial charge in [0.05, 0.1) is 0 Å². The van der Waals surface area contributed by atoms with Gasteiger partial charge < -0.3 is 10.4 Å². The Morgan fingerprint density at radius 1 is 0.788 bits per heavy atom. The topological polar surface area (TPSA) is 32.3 Å². The Bertz CT molecular complexity index is 761. The Labute approximate surface area is 205 Å². The molecule has 2 N–H and O–H groups in total. The van der Waals surface area contributed by atoms with Crippen molar-refractivity contribution in [2.75, 3.05) is 0 Å². The van der Waals surface area contributed by atoms with Gasteiger partial charge in [-0.1, -0.05) is 66.5 Å². The quantitative estimate of drug-likeness (QED) is 0.478. The van der Waals surface area contributed by atoms with Crippen molar-refractivity contribution >= 4 is 0 Å². The van der Waals surface area contributed by atoms with E-state index in [9.17, 15) is 5.11 Å². The largest absolute Gasteiger partial charge is 0.507 e. The lowest BCUT2D eigenvalue weighted by atomic mass is 9.65. The van der Waals surface area contributed by atoms with Crippen LogP contribution in [0.25, 0.3) is 0 Å². The van der Waals surface area contributed by atoms with Gasteiger partial charge >= 0.3 is 0 Å². The van der Waals surface area contributed by atoms with Crippen molar-refractivity contribution in [1.82, 2.24) is 5.32 Å². The van der Waals surface area contributed by atoms with Gasteiger partial charge in [-0.25, -0.2) is 0 Å². The minimum atomic E-state index is -0.0471. The summed E-state index contributed by atoms with van der Waals surface area (Å²) in [5.74, 6) is 3.15. The van der Waals surface area contributed by atoms with E-state index in [1.54, 1.807) is 0 Å². The molecule has 2 fully saturated rings. The van der Waals surface area contributed by atoms with Gasteiger partial charge in [0.1, 0.15) is 5.75 Å². The summed E-state index contributed by atoms with van der Waals surface area (Å²) in [7, 11) is 0. The molecule has 1 aromatic rings. The van der Waals surface area contributed by atoms with Crippen LogP contribution in [0.1, 0.15) is 131 Å². The summed E-state index contributed by atoms with van der Waals surface area (Å²) in [4.78, 5) is 0. The summed E-state index contributed by atoms with van der Waals surface area (Å²) in [5.41, 5.74) is 4.04. The number of aromatic hydroxyl groups is 1. The molecule has 1 aromatic carbocycles. The Kier molecular flexibility index (Phi) is 7.42. The van der Waals surface area contributed by atoms with Crippen molar-refractivity contribution in [2.45, 2.75) is 143 Å². The first-order chi connectivity index (χ1) is 15.0. The molecule has 0 radical (unpaired) electrons. The van der Waals surface area contributed by atoms with Crippen LogP contribution in [0.5, 0.6) is 5.75 Å². The van der Waals surface area contributed by atoms with Gasteiger partial charge in [0.15, 0.2) is 0 Å². The predicted octanol–water partition coefficient (Wildman–Crippen LogP) is 8.28. The number of piperidine rings is 1. The molecule has 2 heteroatoms. The highest BCUT2D eigenvalue weighted by Gasteiger charge is 2.41. The zero-order valence-corrected chi connectivity index (χ0v) is 23.5. The monoisotopic (exact) mass is 455 g/mol. The van der Waals surface area contributed by atoms with Gasteiger partial charge in [0.25, 0.3) is 0 Å². The normalized spacial score (nSPS) is 26.4. The van der Waals surface area contributed by atoms with Crippen molar-refractivity contribution < 1.29 is 5.11 Å². The lowest BCUT2D eigenvalue weighted by Crippen LogP contribution is -2.58. The zero-order valence-electron chi connectivity index (χ0n) is 23.5. The first kappa shape index (κ1) is 26.6. The number of rotatable bonds is 4. The van der Waals surface area contributed by atoms with E-state index in [0.29, 0.717) is 5.75 Å². The average Bonchev–Trinajstić information content (AvgIpc) is 2.63. The van der Waals surface area contributed by atoms with Crippen molar-refractivity contribution in [2.24, 2.45) is 17.8 Å². The van der Waals surface area contributed by atoms with Gasteiger partial charge in [0.2, 0.25) is 0 Å². The van der Waals surface area contributed by atoms with Crippen LogP contribution >= 0.6 is 0 Å². The molecule has 1 aliphatic heterocycles. The van der Waals surface area contributed by atoms with Crippen molar-refractivity contribution in [3.8, 4) is 5.75 Å². The molecule has 1 saturated heterocycles. The lowest BCUT2D eigenvalue weighted by Gasteiger charge is -2.49. The van der Waals surface area contributed by atoms with Gasteiger partial charge in [-0.05, 0) is 111 Å². The first-order valence-corrected chi connectivity index (χ1v) is 13.6. The van der Waals surface area contributed by atoms with Crippen LogP contribution in [0.4, 0.5) is 0 Å². The van der Waals surface area contributed by atoms with E-state index in [2.05, 4.69) is 86.7 Å². The van der Waals surface area contributed by atoms with E-state index >= 15 is 0 Å². The SMILES string of the molecule is CC1(C)CC(C2CCC(CCc3cc(C(C)(C)C)c(O)c(C(C)(C)C)c3)CC2)CC(C)(C)N1. The smallest absolute Gasteiger partial charge is 0.123 e. The number of phenols is 1. The van der Waals surface area contributed by atoms with E-state index in [1.165, 1.54) is 50.5 Å². The third kappa shape index (κ3) is 6.77. The molecule has 1 heterocycles. The molecule has 0 atom stereocenters. The highest BCUT2D eigenvalue weighted by atomic mass is 16.3. The number of hydrogen-bond donors (Lipinski definition) is 2. The highest BCUT2D eigenvalue weighted by molar-refractivity contribution is 5.49. The van der Waals surface area contributed by atoms with Gasteiger partial charge in [-0.15, -0.1) is 0 Å². The lowest BCUT2D eigenvalue weighted by molar-refractivity contribution is 0.0696. The maximum absolute atomic E-state index is 11.0. The maximum Gasteiger partial charge on any atom is 0.123 e. The summed E-state index contributed by atoms with van der Waals surface area (Å²) in [5, 5.41) is 14.9. The van der Waals surface area contributed by atoms with Crippen LogP contribution in [0.3, 0.4) is 0 Å². The fraction of sp³-hybridized carbons (Fsp3) is 0.806. The molecule has 188 valence electrons. The second kappa shape index (κ2) is 9.21. The summed E-state index contributed by atoms with van der Waals surface area (Å²) in [6, 6.07) is 4.57. The second-order valence-corrected chi connectivity index (χ2v) is 14.9. The average molecular weight is 456 g/mol. The first-order valence-electron chi connectivity index (χ1n) is 13.6. The Morgan fingerprint density at radius 3 is 1.67 bits per heavy atom. The van der Waals surface area contributed by atoms with Crippen LogP contribution in [0.2, 0.25) is 0 Å². The van der Waals surface area contributed by atoms with Crippen LogP contribution in [-0.2, 0) is 17.3 Å². The number of hydrogen-bond acceptors (Lipinski definition) is 2. The van der Waals surface area contributed by atoms with Crippen molar-refractivity contribution in [1.29, 1.82) is 0 Å². The molecule has 1 aliphatic carbocycles. The standard InChI is InChI=1S/C31H53NO/c1-28(2,3)25-17-22(18-26(27(25)33)29(4,5)6)12-11-21-13-15-23(16-14-21)24-19-30(7,8)32-31(9,10)20-24/h17-18,21,23-24,32-33H,11-16,19-20H2,1-10H3. The highest BCUT2D eigenvalue weighted by Crippen LogP contribution is 2.44. The Morgan fingerprint density at radius 2 is 1.24 bits per heavy atom. The molecule has 1 saturated carbocycles. The molecular formula is C31H53NO. The van der Waals surface area contributed by atoms with Crippen molar-refractivity contribution in [3.05, 3.63) is 28.8 Å². The summed E-state index contributed by atoms with van der Waals surface area (Å²) < 4.78 is 0.